The average Bonchev–Trinajstić information content (AvgIpc) is 2.59. The van der Waals surface area contributed by atoms with Crippen molar-refractivity contribution >= 4 is 16.0 Å². The van der Waals surface area contributed by atoms with Crippen LogP contribution in [0.2, 0.25) is 0 Å². The maximum atomic E-state index is 13.1. The summed E-state index contributed by atoms with van der Waals surface area (Å²) in [6, 6.07) is 10.2. The van der Waals surface area contributed by atoms with E-state index in [0.29, 0.717) is 11.3 Å². The molecule has 0 spiro atoms. The number of esters is 1. The fourth-order valence-electron chi connectivity index (χ4n) is 2.01. The highest BCUT2D eigenvalue weighted by molar-refractivity contribution is 7.89. The molecule has 1 atom stereocenters. The lowest BCUT2D eigenvalue weighted by Gasteiger charge is -2.14. The van der Waals surface area contributed by atoms with Gasteiger partial charge >= 0.3 is 5.97 Å². The fraction of sp³-hybridized carbons (Fsp3) is 0.235. The van der Waals surface area contributed by atoms with Crippen molar-refractivity contribution in [2.45, 2.75) is 24.5 Å². The van der Waals surface area contributed by atoms with Crippen LogP contribution < -0.4 is 9.46 Å². The van der Waals surface area contributed by atoms with Gasteiger partial charge in [0.25, 0.3) is 0 Å². The molecule has 2 aromatic carbocycles. The van der Waals surface area contributed by atoms with Gasteiger partial charge in [0.15, 0.2) is 0 Å². The lowest BCUT2D eigenvalue weighted by molar-refractivity contribution is -0.146. The Bertz CT molecular complexity index is 836. The van der Waals surface area contributed by atoms with Gasteiger partial charge in [-0.25, -0.2) is 12.8 Å². The largest absolute Gasteiger partial charge is 0.497 e. The molecule has 2 aromatic rings. The lowest BCUT2D eigenvalue weighted by atomic mass is 10.2. The first-order chi connectivity index (χ1) is 11.8. The molecule has 0 heterocycles. The van der Waals surface area contributed by atoms with Crippen LogP contribution in [-0.2, 0) is 26.2 Å². The van der Waals surface area contributed by atoms with Gasteiger partial charge in [0.2, 0.25) is 10.0 Å². The van der Waals surface area contributed by atoms with E-state index >= 15 is 0 Å². The maximum absolute atomic E-state index is 13.1. The van der Waals surface area contributed by atoms with Crippen molar-refractivity contribution in [1.82, 2.24) is 4.72 Å². The fourth-order valence-corrected chi connectivity index (χ4v) is 3.20. The van der Waals surface area contributed by atoms with Crippen LogP contribution in [0.5, 0.6) is 5.75 Å². The Morgan fingerprint density at radius 2 is 1.88 bits per heavy atom. The molecule has 0 saturated carbocycles. The zero-order valence-electron chi connectivity index (χ0n) is 13.7. The molecule has 0 bridgehead atoms. The third-order valence-corrected chi connectivity index (χ3v) is 4.88. The number of carbonyl (C=O) groups is 1. The van der Waals surface area contributed by atoms with Crippen LogP contribution in [0.4, 0.5) is 4.39 Å². The van der Waals surface area contributed by atoms with E-state index in [1.165, 1.54) is 56.5 Å². The number of carbonyl (C=O) groups excluding carboxylic acids is 1. The number of ether oxygens (including phenoxy) is 2. The summed E-state index contributed by atoms with van der Waals surface area (Å²) >= 11 is 0. The lowest BCUT2D eigenvalue weighted by Crippen LogP contribution is -2.39. The highest BCUT2D eigenvalue weighted by atomic mass is 32.2. The predicted molar refractivity (Wildman–Crippen MR) is 89.0 cm³/mol. The van der Waals surface area contributed by atoms with Crippen molar-refractivity contribution < 1.29 is 27.1 Å². The SMILES string of the molecule is COc1ccc(S(=O)(=O)N[C@@H](C)C(=O)OCc2cccc(F)c2)cc1. The van der Waals surface area contributed by atoms with Crippen molar-refractivity contribution in [2.24, 2.45) is 0 Å². The number of hydrogen-bond donors (Lipinski definition) is 1. The van der Waals surface area contributed by atoms with Gasteiger partial charge in [0.05, 0.1) is 12.0 Å². The van der Waals surface area contributed by atoms with E-state index in [1.807, 2.05) is 0 Å². The molecule has 6 nitrogen and oxygen atoms in total. The van der Waals surface area contributed by atoms with Gasteiger partial charge in [-0.2, -0.15) is 4.72 Å². The minimum Gasteiger partial charge on any atom is -0.497 e. The van der Waals surface area contributed by atoms with Crippen molar-refractivity contribution in [3.05, 3.63) is 59.9 Å². The first kappa shape index (κ1) is 18.9. The smallest absolute Gasteiger partial charge is 0.324 e. The summed E-state index contributed by atoms with van der Waals surface area (Å²) in [4.78, 5) is 11.9. The van der Waals surface area contributed by atoms with Crippen molar-refractivity contribution in [1.29, 1.82) is 0 Å². The molecule has 1 N–H and O–H groups in total. The Morgan fingerprint density at radius 3 is 2.48 bits per heavy atom. The zero-order chi connectivity index (χ0) is 18.4. The molecule has 0 amide bonds. The Hall–Kier alpha value is -2.45. The second kappa shape index (κ2) is 8.09. The van der Waals surface area contributed by atoms with Gasteiger partial charge in [0, 0.05) is 0 Å². The predicted octanol–water partition coefficient (Wildman–Crippen LogP) is 2.24. The van der Waals surface area contributed by atoms with E-state index in [-0.39, 0.29) is 11.5 Å². The molecule has 2 rings (SSSR count). The molecule has 134 valence electrons. The number of benzene rings is 2. The number of rotatable bonds is 7. The monoisotopic (exact) mass is 367 g/mol. The van der Waals surface area contributed by atoms with Crippen LogP contribution in [0.1, 0.15) is 12.5 Å². The molecular formula is C17H18FNO5S. The maximum Gasteiger partial charge on any atom is 0.324 e. The number of halogens is 1. The van der Waals surface area contributed by atoms with Crippen molar-refractivity contribution in [2.75, 3.05) is 7.11 Å². The van der Waals surface area contributed by atoms with Gasteiger partial charge in [-0.1, -0.05) is 12.1 Å². The molecule has 8 heteroatoms. The zero-order valence-corrected chi connectivity index (χ0v) is 14.5. The summed E-state index contributed by atoms with van der Waals surface area (Å²) < 4.78 is 49.8. The summed E-state index contributed by atoms with van der Waals surface area (Å²) in [6.45, 7) is 1.22. The molecule has 0 radical (unpaired) electrons. The molecule has 0 aliphatic carbocycles. The van der Waals surface area contributed by atoms with Crippen LogP contribution in [0, 0.1) is 5.82 Å². The van der Waals surface area contributed by atoms with Gasteiger partial charge in [-0.05, 0) is 48.9 Å². The summed E-state index contributed by atoms with van der Waals surface area (Å²) in [5.41, 5.74) is 0.471. The molecule has 25 heavy (non-hydrogen) atoms. The summed E-state index contributed by atoms with van der Waals surface area (Å²) in [5, 5.41) is 0. The van der Waals surface area contributed by atoms with Crippen LogP contribution in [0.15, 0.2) is 53.4 Å². The molecule has 0 aliphatic rings. The van der Waals surface area contributed by atoms with E-state index in [9.17, 15) is 17.6 Å². The number of sulfonamides is 1. The standard InChI is InChI=1S/C17H18FNO5S/c1-12(17(20)24-11-13-4-3-5-14(18)10-13)19-25(21,22)16-8-6-15(23-2)7-9-16/h3-10,12,19H,11H2,1-2H3/t12-/m0/s1. The number of nitrogens with one attached hydrogen (secondary N) is 1. The number of methoxy groups -OCH3 is 1. The molecule has 0 unspecified atom stereocenters. The molecule has 0 aliphatic heterocycles. The Balaban J connectivity index is 1.96. The summed E-state index contributed by atoms with van der Waals surface area (Å²) in [7, 11) is -2.41. The quantitative estimate of drug-likeness (QED) is 0.759. The topological polar surface area (TPSA) is 81.7 Å². The third kappa shape index (κ3) is 5.27. The summed E-state index contributed by atoms with van der Waals surface area (Å²) in [6.07, 6.45) is 0. The van der Waals surface area contributed by atoms with E-state index in [0.717, 1.165) is 0 Å². The van der Waals surface area contributed by atoms with E-state index in [1.54, 1.807) is 6.07 Å². The van der Waals surface area contributed by atoms with E-state index in [2.05, 4.69) is 4.72 Å². The Kier molecular flexibility index (Phi) is 6.11. The Morgan fingerprint density at radius 1 is 1.20 bits per heavy atom. The highest BCUT2D eigenvalue weighted by Crippen LogP contribution is 2.16. The normalized spacial score (nSPS) is 12.4. The van der Waals surface area contributed by atoms with Crippen molar-refractivity contribution in [3.63, 3.8) is 0 Å². The van der Waals surface area contributed by atoms with E-state index in [4.69, 9.17) is 9.47 Å². The minimum absolute atomic E-state index is 0.00178. The van der Waals surface area contributed by atoms with Gasteiger partial charge < -0.3 is 9.47 Å². The van der Waals surface area contributed by atoms with Crippen LogP contribution in [-0.4, -0.2) is 27.5 Å². The van der Waals surface area contributed by atoms with Crippen molar-refractivity contribution in [3.8, 4) is 5.75 Å². The van der Waals surface area contributed by atoms with Crippen LogP contribution in [0.25, 0.3) is 0 Å². The van der Waals surface area contributed by atoms with Crippen LogP contribution >= 0.6 is 0 Å². The minimum atomic E-state index is -3.89. The second-order valence-electron chi connectivity index (χ2n) is 5.26. The van der Waals surface area contributed by atoms with Gasteiger partial charge in [-0.3, -0.25) is 4.79 Å². The molecule has 0 fully saturated rings. The average molecular weight is 367 g/mol. The second-order valence-corrected chi connectivity index (χ2v) is 6.97. The van der Waals surface area contributed by atoms with E-state index < -0.39 is 27.9 Å². The molecular weight excluding hydrogens is 349 g/mol. The third-order valence-electron chi connectivity index (χ3n) is 3.33. The first-order valence-electron chi connectivity index (χ1n) is 7.39. The van der Waals surface area contributed by atoms with Gasteiger partial charge in [-0.15, -0.1) is 0 Å². The number of hydrogen-bond acceptors (Lipinski definition) is 5. The Labute approximate surface area is 145 Å². The highest BCUT2D eigenvalue weighted by Gasteiger charge is 2.23. The van der Waals surface area contributed by atoms with Gasteiger partial charge in [0.1, 0.15) is 24.2 Å². The molecule has 0 saturated heterocycles. The summed E-state index contributed by atoms with van der Waals surface area (Å²) in [5.74, 6) is -0.690. The first-order valence-corrected chi connectivity index (χ1v) is 8.87. The molecule has 0 aromatic heterocycles. The van der Waals surface area contributed by atoms with Crippen LogP contribution in [0.3, 0.4) is 0 Å².